The highest BCUT2D eigenvalue weighted by molar-refractivity contribution is 7.99. The summed E-state index contributed by atoms with van der Waals surface area (Å²) in [4.78, 5) is 4.32. The minimum Gasteiger partial charge on any atom is -0.312 e. The van der Waals surface area contributed by atoms with Gasteiger partial charge in [-0.2, -0.15) is 0 Å². The number of benzene rings is 1. The van der Waals surface area contributed by atoms with Gasteiger partial charge in [0.2, 0.25) is 0 Å². The van der Waals surface area contributed by atoms with Crippen LogP contribution < -0.4 is 5.32 Å². The summed E-state index contributed by atoms with van der Waals surface area (Å²) in [5.41, 5.74) is 3.93. The molecule has 2 aromatic rings. The van der Waals surface area contributed by atoms with E-state index in [2.05, 4.69) is 42.3 Å². The molecule has 2 nitrogen and oxygen atoms in total. The maximum atomic E-state index is 6.15. The van der Waals surface area contributed by atoms with E-state index < -0.39 is 0 Å². The number of thioether (sulfide) groups is 1. The highest BCUT2D eigenvalue weighted by Gasteiger charge is 2.13. The van der Waals surface area contributed by atoms with Crippen LogP contribution >= 0.6 is 23.4 Å². The van der Waals surface area contributed by atoms with Gasteiger partial charge in [-0.3, -0.25) is 0 Å². The van der Waals surface area contributed by atoms with E-state index in [1.165, 1.54) is 16.7 Å². The van der Waals surface area contributed by atoms with Crippen molar-refractivity contribution in [3.63, 3.8) is 0 Å². The van der Waals surface area contributed by atoms with Crippen LogP contribution in [0.25, 0.3) is 0 Å². The number of hydrogen-bond acceptors (Lipinski definition) is 3. The fourth-order valence-electron chi connectivity index (χ4n) is 2.10. The molecule has 0 aliphatic heterocycles. The molecule has 1 aromatic heterocycles. The van der Waals surface area contributed by atoms with Crippen molar-refractivity contribution in [1.82, 2.24) is 10.3 Å². The van der Waals surface area contributed by atoms with Crippen molar-refractivity contribution < 1.29 is 0 Å². The van der Waals surface area contributed by atoms with E-state index in [1.807, 2.05) is 19.2 Å². The number of nitrogens with zero attached hydrogens (tertiary/aromatic N) is 1. The summed E-state index contributed by atoms with van der Waals surface area (Å²) < 4.78 is 0. The van der Waals surface area contributed by atoms with Gasteiger partial charge in [-0.15, -0.1) is 11.8 Å². The van der Waals surface area contributed by atoms with Gasteiger partial charge in [-0.05, 0) is 44.2 Å². The first-order chi connectivity index (χ1) is 9.61. The van der Waals surface area contributed by atoms with Crippen molar-refractivity contribution in [2.45, 2.75) is 24.9 Å². The number of rotatable bonds is 5. The second-order valence-corrected chi connectivity index (χ2v) is 6.22. The van der Waals surface area contributed by atoms with E-state index >= 15 is 0 Å². The van der Waals surface area contributed by atoms with Gasteiger partial charge in [0.25, 0.3) is 0 Å². The van der Waals surface area contributed by atoms with E-state index in [0.717, 1.165) is 10.8 Å². The van der Waals surface area contributed by atoms with Gasteiger partial charge in [0.1, 0.15) is 5.03 Å². The highest BCUT2D eigenvalue weighted by atomic mass is 35.5. The number of hydrogen-bond donors (Lipinski definition) is 1. The maximum absolute atomic E-state index is 6.15. The Morgan fingerprint density at radius 3 is 2.80 bits per heavy atom. The van der Waals surface area contributed by atoms with Crippen LogP contribution in [0.3, 0.4) is 0 Å². The van der Waals surface area contributed by atoms with Crippen LogP contribution in [0, 0.1) is 13.8 Å². The third-order valence-electron chi connectivity index (χ3n) is 3.27. The van der Waals surface area contributed by atoms with Crippen LogP contribution in [0.15, 0.2) is 41.6 Å². The van der Waals surface area contributed by atoms with Crippen LogP contribution in [0.2, 0.25) is 5.02 Å². The van der Waals surface area contributed by atoms with E-state index in [1.54, 1.807) is 18.0 Å². The topological polar surface area (TPSA) is 24.9 Å². The first-order valence-corrected chi connectivity index (χ1v) is 7.96. The summed E-state index contributed by atoms with van der Waals surface area (Å²) >= 11 is 7.83. The van der Waals surface area contributed by atoms with Crippen molar-refractivity contribution >= 4 is 23.4 Å². The molecule has 0 aliphatic carbocycles. The Hall–Kier alpha value is -1.03. The predicted molar refractivity (Wildman–Crippen MR) is 87.7 cm³/mol. The Labute approximate surface area is 130 Å². The average molecular weight is 307 g/mol. The average Bonchev–Trinajstić information content (AvgIpc) is 2.45. The number of aromatic nitrogens is 1. The van der Waals surface area contributed by atoms with Gasteiger partial charge in [0.15, 0.2) is 0 Å². The Kier molecular flexibility index (Phi) is 5.46. The maximum Gasteiger partial charge on any atom is 0.115 e. The Morgan fingerprint density at radius 1 is 1.30 bits per heavy atom. The van der Waals surface area contributed by atoms with Crippen molar-refractivity contribution in [3.05, 3.63) is 58.2 Å². The van der Waals surface area contributed by atoms with Gasteiger partial charge in [0.05, 0.1) is 5.02 Å². The molecule has 1 aromatic carbocycles. The molecule has 106 valence electrons. The minimum atomic E-state index is 0.290. The van der Waals surface area contributed by atoms with Crippen LogP contribution in [-0.4, -0.2) is 17.8 Å². The van der Waals surface area contributed by atoms with Gasteiger partial charge in [0, 0.05) is 18.0 Å². The number of pyridine rings is 1. The van der Waals surface area contributed by atoms with E-state index in [4.69, 9.17) is 11.6 Å². The molecule has 0 bridgehead atoms. The molecule has 0 aliphatic rings. The van der Waals surface area contributed by atoms with Crippen LogP contribution in [0.4, 0.5) is 0 Å². The first-order valence-electron chi connectivity index (χ1n) is 6.59. The Morgan fingerprint density at radius 2 is 2.10 bits per heavy atom. The van der Waals surface area contributed by atoms with Gasteiger partial charge in [-0.25, -0.2) is 4.98 Å². The highest BCUT2D eigenvalue weighted by Crippen LogP contribution is 2.29. The lowest BCUT2D eigenvalue weighted by Gasteiger charge is -2.19. The fraction of sp³-hybridized carbons (Fsp3) is 0.312. The molecule has 4 heteroatoms. The summed E-state index contributed by atoms with van der Waals surface area (Å²) in [5.74, 6) is 0.900. The lowest BCUT2D eigenvalue weighted by Crippen LogP contribution is -2.20. The molecule has 0 saturated carbocycles. The molecule has 0 saturated heterocycles. The van der Waals surface area contributed by atoms with Gasteiger partial charge < -0.3 is 5.32 Å². The van der Waals surface area contributed by atoms with Crippen molar-refractivity contribution in [3.8, 4) is 0 Å². The number of nitrogens with one attached hydrogen (secondary N) is 1. The molecular formula is C16H19ClN2S. The van der Waals surface area contributed by atoms with Crippen molar-refractivity contribution in [2.24, 2.45) is 0 Å². The smallest absolute Gasteiger partial charge is 0.115 e. The fourth-order valence-corrected chi connectivity index (χ4v) is 3.40. The van der Waals surface area contributed by atoms with Gasteiger partial charge >= 0.3 is 0 Å². The lowest BCUT2D eigenvalue weighted by atomic mass is 10.0. The molecule has 1 N–H and O–H groups in total. The molecule has 0 fully saturated rings. The molecule has 1 unspecified atom stereocenters. The van der Waals surface area contributed by atoms with Crippen LogP contribution in [0.1, 0.15) is 22.7 Å². The summed E-state index contributed by atoms with van der Waals surface area (Å²) in [6, 6.07) is 10.6. The molecule has 0 radical (unpaired) electrons. The summed E-state index contributed by atoms with van der Waals surface area (Å²) in [6.07, 6.45) is 1.78. The SMILES string of the molecule is CNC(CSc1ncccc1Cl)c1cc(C)ccc1C. The quantitative estimate of drug-likeness (QED) is 0.829. The molecule has 20 heavy (non-hydrogen) atoms. The standard InChI is InChI=1S/C16H19ClN2S/c1-11-6-7-12(2)13(9-11)15(18-3)10-20-16-14(17)5-4-8-19-16/h4-9,15,18H,10H2,1-3H3. The molecule has 0 spiro atoms. The Bertz CT molecular complexity index is 586. The third kappa shape index (κ3) is 3.75. The monoisotopic (exact) mass is 306 g/mol. The number of aryl methyl sites for hydroxylation is 2. The van der Waals surface area contributed by atoms with Gasteiger partial charge in [-0.1, -0.05) is 35.4 Å². The minimum absolute atomic E-state index is 0.290. The molecule has 1 atom stereocenters. The predicted octanol–water partition coefficient (Wildman–Crippen LogP) is 4.40. The zero-order chi connectivity index (χ0) is 14.5. The van der Waals surface area contributed by atoms with Crippen molar-refractivity contribution in [2.75, 3.05) is 12.8 Å². The second kappa shape index (κ2) is 7.11. The summed E-state index contributed by atoms with van der Waals surface area (Å²) in [6.45, 7) is 4.27. The molecule has 2 rings (SSSR count). The molecule has 0 amide bonds. The number of halogens is 1. The largest absolute Gasteiger partial charge is 0.312 e. The lowest BCUT2D eigenvalue weighted by molar-refractivity contribution is 0.657. The molecular weight excluding hydrogens is 288 g/mol. The van der Waals surface area contributed by atoms with Crippen molar-refractivity contribution in [1.29, 1.82) is 0 Å². The summed E-state index contributed by atoms with van der Waals surface area (Å²) in [5, 5.41) is 4.99. The summed E-state index contributed by atoms with van der Waals surface area (Å²) in [7, 11) is 1.99. The first kappa shape index (κ1) is 15.4. The van der Waals surface area contributed by atoms with E-state index in [-0.39, 0.29) is 6.04 Å². The Balaban J connectivity index is 2.13. The van der Waals surface area contributed by atoms with Crippen LogP contribution in [0.5, 0.6) is 0 Å². The van der Waals surface area contributed by atoms with E-state index in [9.17, 15) is 0 Å². The zero-order valence-electron chi connectivity index (χ0n) is 12.0. The van der Waals surface area contributed by atoms with E-state index in [0.29, 0.717) is 5.02 Å². The normalized spacial score (nSPS) is 12.4. The van der Waals surface area contributed by atoms with Crippen LogP contribution in [-0.2, 0) is 0 Å². The zero-order valence-corrected chi connectivity index (χ0v) is 13.6. The molecule has 1 heterocycles. The third-order valence-corrected chi connectivity index (χ3v) is 4.79. The second-order valence-electron chi connectivity index (χ2n) is 4.80.